The van der Waals surface area contributed by atoms with E-state index in [-0.39, 0.29) is 23.4 Å². The number of carboxylic acids is 1. The number of carboxylic acid groups (broad SMARTS) is 1. The summed E-state index contributed by atoms with van der Waals surface area (Å²) in [5.41, 5.74) is 2.09. The van der Waals surface area contributed by atoms with E-state index in [1.807, 2.05) is 12.1 Å². The van der Waals surface area contributed by atoms with E-state index in [0.717, 1.165) is 5.56 Å². The molecule has 1 aromatic carbocycles. The molecule has 1 rings (SSSR count). The van der Waals surface area contributed by atoms with E-state index < -0.39 is 17.9 Å². The van der Waals surface area contributed by atoms with Crippen LogP contribution >= 0.6 is 0 Å². The lowest BCUT2D eigenvalue weighted by atomic mass is 9.80. The average molecular weight is 363 g/mol. The van der Waals surface area contributed by atoms with Crippen LogP contribution in [0.4, 0.5) is 0 Å². The Morgan fingerprint density at radius 3 is 2.08 bits per heavy atom. The monoisotopic (exact) mass is 363 g/mol. The highest BCUT2D eigenvalue weighted by Crippen LogP contribution is 2.35. The van der Waals surface area contributed by atoms with Gasteiger partial charge in [-0.1, -0.05) is 67.5 Å². The minimum absolute atomic E-state index is 0.0158. The van der Waals surface area contributed by atoms with Crippen LogP contribution in [0.15, 0.2) is 18.2 Å². The highest BCUT2D eigenvalue weighted by atomic mass is 16.5. The van der Waals surface area contributed by atoms with E-state index >= 15 is 0 Å². The molecule has 0 aliphatic rings. The van der Waals surface area contributed by atoms with Crippen molar-refractivity contribution < 1.29 is 19.4 Å². The second kappa shape index (κ2) is 8.11. The first kappa shape index (κ1) is 22.0. The maximum absolute atomic E-state index is 12.1. The van der Waals surface area contributed by atoms with E-state index in [1.54, 1.807) is 13.8 Å². The maximum Gasteiger partial charge on any atom is 0.326 e. The number of aliphatic carboxylic acids is 1. The molecule has 0 radical (unpaired) electrons. The van der Waals surface area contributed by atoms with Crippen LogP contribution in [0.3, 0.4) is 0 Å². The van der Waals surface area contributed by atoms with Crippen molar-refractivity contribution in [2.45, 2.75) is 72.3 Å². The van der Waals surface area contributed by atoms with Crippen LogP contribution in [0, 0.1) is 5.92 Å². The fraction of sp³-hybridized carbons (Fsp3) is 0.619. The minimum atomic E-state index is -1.04. The van der Waals surface area contributed by atoms with Gasteiger partial charge in [-0.05, 0) is 33.9 Å². The van der Waals surface area contributed by atoms with Crippen molar-refractivity contribution >= 4 is 11.9 Å². The molecule has 0 aromatic heterocycles. The summed E-state index contributed by atoms with van der Waals surface area (Å²) in [5, 5.41) is 11.7. The Morgan fingerprint density at radius 2 is 1.65 bits per heavy atom. The van der Waals surface area contributed by atoms with Crippen LogP contribution in [0.2, 0.25) is 0 Å². The largest absolute Gasteiger partial charge is 0.483 e. The van der Waals surface area contributed by atoms with Crippen molar-refractivity contribution in [2.24, 2.45) is 5.92 Å². The number of ether oxygens (including phenoxy) is 1. The number of amides is 1. The van der Waals surface area contributed by atoms with Crippen molar-refractivity contribution in [3.05, 3.63) is 29.3 Å². The van der Waals surface area contributed by atoms with E-state index in [4.69, 9.17) is 4.74 Å². The lowest BCUT2D eigenvalue weighted by Gasteiger charge is -2.27. The number of benzene rings is 1. The summed E-state index contributed by atoms with van der Waals surface area (Å²) < 4.78 is 5.75. The summed E-state index contributed by atoms with van der Waals surface area (Å²) in [6.45, 7) is 16.0. The molecule has 1 aromatic rings. The molecule has 0 bridgehead atoms. The minimum Gasteiger partial charge on any atom is -0.483 e. The summed E-state index contributed by atoms with van der Waals surface area (Å²) in [6.07, 6.45) is 0. The Bertz CT molecular complexity index is 651. The first-order chi connectivity index (χ1) is 11.7. The number of nitrogens with one attached hydrogen (secondary N) is 1. The zero-order valence-electron chi connectivity index (χ0n) is 17.3. The summed E-state index contributed by atoms with van der Waals surface area (Å²) in [5.74, 6) is -1.03. The zero-order valence-corrected chi connectivity index (χ0v) is 17.3. The van der Waals surface area contributed by atoms with Crippen LogP contribution in [-0.4, -0.2) is 29.6 Å². The van der Waals surface area contributed by atoms with Gasteiger partial charge in [-0.15, -0.1) is 0 Å². The molecule has 2 N–H and O–H groups in total. The topological polar surface area (TPSA) is 75.6 Å². The van der Waals surface area contributed by atoms with Gasteiger partial charge in [-0.2, -0.15) is 0 Å². The molecule has 0 spiro atoms. The summed E-state index contributed by atoms with van der Waals surface area (Å²) in [6, 6.07) is 5.11. The normalized spacial score (nSPS) is 13.4. The Balaban J connectivity index is 2.96. The Morgan fingerprint density at radius 1 is 1.08 bits per heavy atom. The number of carbonyl (C=O) groups is 2. The molecule has 0 heterocycles. The van der Waals surface area contributed by atoms with Crippen molar-refractivity contribution in [1.29, 1.82) is 0 Å². The third-order valence-corrected chi connectivity index (χ3v) is 4.26. The molecule has 1 unspecified atom stereocenters. The molecular weight excluding hydrogens is 330 g/mol. The van der Waals surface area contributed by atoms with E-state index in [0.29, 0.717) is 5.75 Å². The van der Waals surface area contributed by atoms with Gasteiger partial charge in [0.05, 0.1) is 0 Å². The van der Waals surface area contributed by atoms with Crippen LogP contribution in [0.25, 0.3) is 0 Å². The number of hydrogen-bond donors (Lipinski definition) is 2. The van der Waals surface area contributed by atoms with Gasteiger partial charge in [-0.3, -0.25) is 4.79 Å². The van der Waals surface area contributed by atoms with Gasteiger partial charge in [0.15, 0.2) is 6.61 Å². The quantitative estimate of drug-likeness (QED) is 0.804. The van der Waals surface area contributed by atoms with Gasteiger partial charge in [0, 0.05) is 0 Å². The number of carbonyl (C=O) groups excluding carboxylic acids is 1. The third kappa shape index (κ3) is 6.04. The molecule has 5 nitrogen and oxygen atoms in total. The maximum atomic E-state index is 12.1. The SMILES string of the molecule is CC(C)C(NC(=O)COc1ccc(C(C)(C)C)cc1C(C)(C)C)C(=O)O. The fourth-order valence-corrected chi connectivity index (χ4v) is 2.58. The molecule has 0 fully saturated rings. The highest BCUT2D eigenvalue weighted by molar-refractivity contribution is 5.84. The Hall–Kier alpha value is -2.04. The summed E-state index contributed by atoms with van der Waals surface area (Å²) in [4.78, 5) is 23.3. The van der Waals surface area contributed by atoms with Gasteiger partial charge in [0.25, 0.3) is 5.91 Å². The second-order valence-corrected chi connectivity index (χ2v) is 9.13. The van der Waals surface area contributed by atoms with E-state index in [9.17, 15) is 14.7 Å². The van der Waals surface area contributed by atoms with Crippen molar-refractivity contribution in [2.75, 3.05) is 6.61 Å². The van der Waals surface area contributed by atoms with E-state index in [2.05, 4.69) is 52.9 Å². The summed E-state index contributed by atoms with van der Waals surface area (Å²) >= 11 is 0. The molecule has 1 atom stereocenters. The van der Waals surface area contributed by atoms with Crippen LogP contribution in [0.1, 0.15) is 66.5 Å². The zero-order chi connectivity index (χ0) is 20.3. The number of rotatable bonds is 6. The molecule has 0 saturated heterocycles. The van der Waals surface area contributed by atoms with Gasteiger partial charge in [-0.25, -0.2) is 4.79 Å². The van der Waals surface area contributed by atoms with Crippen LogP contribution in [-0.2, 0) is 20.4 Å². The molecule has 0 saturated carbocycles. The molecule has 0 aliphatic heterocycles. The molecule has 0 aliphatic carbocycles. The fourth-order valence-electron chi connectivity index (χ4n) is 2.58. The molecule has 1 amide bonds. The van der Waals surface area contributed by atoms with Gasteiger partial charge >= 0.3 is 5.97 Å². The molecular formula is C21H33NO4. The highest BCUT2D eigenvalue weighted by Gasteiger charge is 2.25. The first-order valence-corrected chi connectivity index (χ1v) is 9.03. The third-order valence-electron chi connectivity index (χ3n) is 4.26. The standard InChI is InChI=1S/C21H33NO4/c1-13(2)18(19(24)25)22-17(23)12-26-16-10-9-14(20(3,4)5)11-15(16)21(6,7)8/h9-11,13,18H,12H2,1-8H3,(H,22,23)(H,24,25). The van der Waals surface area contributed by atoms with Crippen LogP contribution in [0.5, 0.6) is 5.75 Å². The van der Waals surface area contributed by atoms with Gasteiger partial charge < -0.3 is 15.2 Å². The van der Waals surface area contributed by atoms with Crippen molar-refractivity contribution in [3.8, 4) is 5.75 Å². The molecule has 5 heteroatoms. The van der Waals surface area contributed by atoms with Crippen molar-refractivity contribution in [1.82, 2.24) is 5.32 Å². The van der Waals surface area contributed by atoms with Crippen LogP contribution < -0.4 is 10.1 Å². The van der Waals surface area contributed by atoms with Crippen molar-refractivity contribution in [3.63, 3.8) is 0 Å². The average Bonchev–Trinajstić information content (AvgIpc) is 2.47. The molecule has 26 heavy (non-hydrogen) atoms. The van der Waals surface area contributed by atoms with E-state index in [1.165, 1.54) is 5.56 Å². The lowest BCUT2D eigenvalue weighted by molar-refractivity contribution is -0.143. The first-order valence-electron chi connectivity index (χ1n) is 9.03. The lowest BCUT2D eigenvalue weighted by Crippen LogP contribution is -2.46. The Labute approximate surface area is 157 Å². The van der Waals surface area contributed by atoms with Gasteiger partial charge in [0.2, 0.25) is 0 Å². The second-order valence-electron chi connectivity index (χ2n) is 9.13. The smallest absolute Gasteiger partial charge is 0.326 e. The van der Waals surface area contributed by atoms with Gasteiger partial charge in [0.1, 0.15) is 11.8 Å². The predicted octanol–water partition coefficient (Wildman–Crippen LogP) is 3.89. The Kier molecular flexibility index (Phi) is 6.86. The molecule has 146 valence electrons. The summed E-state index contributed by atoms with van der Waals surface area (Å²) in [7, 11) is 0. The number of hydrogen-bond acceptors (Lipinski definition) is 3. The predicted molar refractivity (Wildman–Crippen MR) is 104 cm³/mol.